The molecule has 0 saturated carbocycles. The maximum Gasteiger partial charge on any atom is 0.0666 e. The minimum Gasteiger partial charge on any atom is -0.358 e. The zero-order chi connectivity index (χ0) is 13.6. The number of benzene rings is 1. The van der Waals surface area contributed by atoms with Crippen molar-refractivity contribution in [3.8, 4) is 0 Å². The second-order valence-corrected chi connectivity index (χ2v) is 5.90. The van der Waals surface area contributed by atoms with E-state index in [0.717, 1.165) is 33.7 Å². The van der Waals surface area contributed by atoms with E-state index < -0.39 is 0 Å². The molecule has 0 fully saturated rings. The van der Waals surface area contributed by atoms with Crippen LogP contribution >= 0.6 is 11.6 Å². The van der Waals surface area contributed by atoms with Crippen molar-refractivity contribution < 1.29 is 0 Å². The molecule has 1 aliphatic rings. The first-order chi connectivity index (χ1) is 9.04. The number of nitrogens with zero attached hydrogens (tertiary/aromatic N) is 1. The molecule has 0 radical (unpaired) electrons. The monoisotopic (exact) mass is 272 g/mol. The Hall–Kier alpha value is -1.54. The van der Waals surface area contributed by atoms with Gasteiger partial charge < -0.3 is 4.98 Å². The lowest BCUT2D eigenvalue weighted by Gasteiger charge is -2.03. The lowest BCUT2D eigenvalue weighted by atomic mass is 10.1. The molecule has 0 amide bonds. The maximum atomic E-state index is 6.40. The zero-order valence-electron chi connectivity index (χ0n) is 11.4. The Kier molecular flexibility index (Phi) is 2.98. The molecule has 0 atom stereocenters. The summed E-state index contributed by atoms with van der Waals surface area (Å²) >= 11 is 6.40. The summed E-state index contributed by atoms with van der Waals surface area (Å²) in [5, 5.41) is 1.93. The summed E-state index contributed by atoms with van der Waals surface area (Å²) in [6.07, 6.45) is 2.11. The molecule has 1 aromatic carbocycles. The molecule has 1 aliphatic heterocycles. The van der Waals surface area contributed by atoms with Crippen LogP contribution in [-0.2, 0) is 0 Å². The number of aromatic nitrogens is 1. The Labute approximate surface area is 118 Å². The van der Waals surface area contributed by atoms with Crippen LogP contribution in [0.15, 0.2) is 34.8 Å². The van der Waals surface area contributed by atoms with E-state index >= 15 is 0 Å². The fraction of sp³-hybridized carbons (Fsp3) is 0.312. The molecular formula is C16H17ClN2. The third-order valence-electron chi connectivity index (χ3n) is 3.51. The molecule has 1 N–H and O–H groups in total. The van der Waals surface area contributed by atoms with Gasteiger partial charge in [0.05, 0.1) is 17.3 Å². The van der Waals surface area contributed by atoms with Crippen LogP contribution in [0.5, 0.6) is 0 Å². The molecule has 3 heteroatoms. The lowest BCUT2D eigenvalue weighted by Crippen LogP contribution is -1.95. The molecule has 98 valence electrons. The molecule has 2 aromatic rings. The summed E-state index contributed by atoms with van der Waals surface area (Å²) in [4.78, 5) is 7.99. The predicted octanol–water partition coefficient (Wildman–Crippen LogP) is 4.69. The maximum absolute atomic E-state index is 6.40. The number of hydrogen-bond donors (Lipinski definition) is 1. The van der Waals surface area contributed by atoms with Crippen LogP contribution in [0.4, 0.5) is 0 Å². The molecule has 3 rings (SSSR count). The van der Waals surface area contributed by atoms with E-state index in [2.05, 4.69) is 49.0 Å². The van der Waals surface area contributed by atoms with E-state index in [1.54, 1.807) is 0 Å². The second-order valence-electron chi connectivity index (χ2n) is 5.49. The summed E-state index contributed by atoms with van der Waals surface area (Å²) in [6, 6.07) is 6.31. The molecule has 19 heavy (non-hydrogen) atoms. The molecule has 0 unspecified atom stereocenters. The first kappa shape index (κ1) is 12.5. The minimum absolute atomic E-state index is 0.487. The first-order valence-electron chi connectivity index (χ1n) is 6.59. The number of H-pyrrole nitrogens is 1. The van der Waals surface area contributed by atoms with Crippen LogP contribution in [0.1, 0.15) is 37.9 Å². The van der Waals surface area contributed by atoms with E-state index in [0.29, 0.717) is 5.92 Å². The van der Waals surface area contributed by atoms with Crippen LogP contribution in [-0.4, -0.2) is 17.2 Å². The quantitative estimate of drug-likeness (QED) is 0.821. The summed E-state index contributed by atoms with van der Waals surface area (Å²) < 4.78 is 0. The SMILES string of the molecule is CC1=CC(c2cc3[nH]c(C(C)C)cc3cc2Cl)=NC1. The van der Waals surface area contributed by atoms with Crippen molar-refractivity contribution in [2.45, 2.75) is 26.7 Å². The number of allylic oxidation sites excluding steroid dienone is 1. The van der Waals surface area contributed by atoms with Gasteiger partial charge in [-0.15, -0.1) is 0 Å². The Balaban J connectivity index is 2.14. The fourth-order valence-electron chi connectivity index (χ4n) is 2.38. The average molecular weight is 273 g/mol. The van der Waals surface area contributed by atoms with Crippen LogP contribution in [0, 0.1) is 0 Å². The Morgan fingerprint density at radius 2 is 2.05 bits per heavy atom. The van der Waals surface area contributed by atoms with Crippen molar-refractivity contribution >= 4 is 28.2 Å². The highest BCUT2D eigenvalue weighted by atomic mass is 35.5. The van der Waals surface area contributed by atoms with E-state index in [1.165, 1.54) is 11.3 Å². The van der Waals surface area contributed by atoms with Crippen LogP contribution in [0.3, 0.4) is 0 Å². The third kappa shape index (κ3) is 2.21. The van der Waals surface area contributed by atoms with Gasteiger partial charge in [-0.25, -0.2) is 0 Å². The number of hydrogen-bond acceptors (Lipinski definition) is 1. The normalized spacial score (nSPS) is 15.2. The summed E-state index contributed by atoms with van der Waals surface area (Å²) in [5.41, 5.74) is 5.65. The zero-order valence-corrected chi connectivity index (χ0v) is 12.2. The molecule has 2 heterocycles. The van der Waals surface area contributed by atoms with Crippen LogP contribution < -0.4 is 0 Å². The van der Waals surface area contributed by atoms with Gasteiger partial charge in [-0.1, -0.05) is 25.4 Å². The minimum atomic E-state index is 0.487. The summed E-state index contributed by atoms with van der Waals surface area (Å²) in [7, 11) is 0. The van der Waals surface area contributed by atoms with Crippen molar-refractivity contribution in [1.82, 2.24) is 4.98 Å². The molecular weight excluding hydrogens is 256 g/mol. The third-order valence-corrected chi connectivity index (χ3v) is 3.82. The molecule has 0 bridgehead atoms. The average Bonchev–Trinajstić information content (AvgIpc) is 2.93. The van der Waals surface area contributed by atoms with E-state index in [9.17, 15) is 0 Å². The topological polar surface area (TPSA) is 28.1 Å². The molecule has 0 saturated heterocycles. The number of rotatable bonds is 2. The largest absolute Gasteiger partial charge is 0.358 e. The van der Waals surface area contributed by atoms with Crippen molar-refractivity contribution in [1.29, 1.82) is 0 Å². The van der Waals surface area contributed by atoms with Gasteiger partial charge in [-0.2, -0.15) is 0 Å². The summed E-state index contributed by atoms with van der Waals surface area (Å²) in [5.74, 6) is 0.487. The number of aromatic amines is 1. The van der Waals surface area contributed by atoms with Crippen molar-refractivity contribution in [3.63, 3.8) is 0 Å². The lowest BCUT2D eigenvalue weighted by molar-refractivity contribution is 0.836. The number of aliphatic imine (C=N–C) groups is 1. The smallest absolute Gasteiger partial charge is 0.0666 e. The van der Waals surface area contributed by atoms with Gasteiger partial charge in [0.2, 0.25) is 0 Å². The standard InChI is InChI=1S/C16H17ClN2/c1-9(2)14-6-11-5-13(17)12(7-15(11)19-14)16-4-10(3)8-18-16/h4-7,9,19H,8H2,1-3H3. The summed E-state index contributed by atoms with van der Waals surface area (Å²) in [6.45, 7) is 7.24. The molecule has 0 spiro atoms. The van der Waals surface area contributed by atoms with Gasteiger partial charge >= 0.3 is 0 Å². The van der Waals surface area contributed by atoms with Crippen molar-refractivity contribution in [2.75, 3.05) is 6.54 Å². The predicted molar refractivity (Wildman–Crippen MR) is 82.6 cm³/mol. The van der Waals surface area contributed by atoms with Gasteiger partial charge in [0.15, 0.2) is 0 Å². The highest BCUT2D eigenvalue weighted by Gasteiger charge is 2.13. The van der Waals surface area contributed by atoms with Gasteiger partial charge in [-0.3, -0.25) is 4.99 Å². The first-order valence-corrected chi connectivity index (χ1v) is 6.96. The van der Waals surface area contributed by atoms with Crippen LogP contribution in [0.25, 0.3) is 10.9 Å². The molecule has 2 nitrogen and oxygen atoms in total. The fourth-order valence-corrected chi connectivity index (χ4v) is 2.65. The highest BCUT2D eigenvalue weighted by molar-refractivity contribution is 6.36. The Morgan fingerprint density at radius 1 is 1.26 bits per heavy atom. The van der Waals surface area contributed by atoms with E-state index in [4.69, 9.17) is 11.6 Å². The number of fused-ring (bicyclic) bond motifs is 1. The van der Waals surface area contributed by atoms with Crippen LogP contribution in [0.2, 0.25) is 5.02 Å². The number of halogens is 1. The Morgan fingerprint density at radius 3 is 2.68 bits per heavy atom. The highest BCUT2D eigenvalue weighted by Crippen LogP contribution is 2.28. The van der Waals surface area contributed by atoms with Gasteiger partial charge in [-0.05, 0) is 42.7 Å². The second kappa shape index (κ2) is 4.53. The van der Waals surface area contributed by atoms with Gasteiger partial charge in [0, 0.05) is 22.2 Å². The Bertz CT molecular complexity index is 705. The van der Waals surface area contributed by atoms with Crippen molar-refractivity contribution in [3.05, 3.63) is 46.1 Å². The number of nitrogens with one attached hydrogen (secondary N) is 1. The van der Waals surface area contributed by atoms with Gasteiger partial charge in [0.1, 0.15) is 0 Å². The molecule has 1 aromatic heterocycles. The molecule has 0 aliphatic carbocycles. The van der Waals surface area contributed by atoms with Gasteiger partial charge in [0.25, 0.3) is 0 Å². The van der Waals surface area contributed by atoms with E-state index in [-0.39, 0.29) is 0 Å². The van der Waals surface area contributed by atoms with Crippen molar-refractivity contribution in [2.24, 2.45) is 4.99 Å². The van der Waals surface area contributed by atoms with E-state index in [1.807, 2.05) is 6.07 Å².